The Morgan fingerprint density at radius 1 is 0.345 bits per heavy atom. The molecule has 84 heavy (non-hydrogen) atoms. The second-order valence-corrected chi connectivity index (χ2v) is 25.3. The molecule has 0 aliphatic heterocycles. The molecular formula is C70H140N6O8. The first kappa shape index (κ1) is 81.6. The molecule has 2 amide bonds. The normalized spacial score (nSPS) is 12.5. The number of aliphatic hydroxyl groups is 2. The van der Waals surface area contributed by atoms with Crippen molar-refractivity contribution in [2.24, 2.45) is 0 Å². The first-order chi connectivity index (χ1) is 40.9. The third kappa shape index (κ3) is 59.9. The van der Waals surface area contributed by atoms with E-state index in [0.717, 1.165) is 90.1 Å². The summed E-state index contributed by atoms with van der Waals surface area (Å²) >= 11 is 0. The molecule has 0 saturated carbocycles. The smallest absolute Gasteiger partial charge is 0.320 e. The van der Waals surface area contributed by atoms with Gasteiger partial charge in [0, 0.05) is 78.3 Å². The first-order valence-corrected chi connectivity index (χ1v) is 36.0. The van der Waals surface area contributed by atoms with Crippen LogP contribution >= 0.6 is 0 Å². The van der Waals surface area contributed by atoms with Crippen molar-refractivity contribution in [2.45, 2.75) is 322 Å². The van der Waals surface area contributed by atoms with Gasteiger partial charge in [0.05, 0.1) is 38.5 Å². The molecule has 0 rings (SSSR count). The Morgan fingerprint density at radius 3 is 0.905 bits per heavy atom. The molecule has 0 aliphatic carbocycles. The zero-order valence-corrected chi connectivity index (χ0v) is 56.3. The molecule has 0 fully saturated rings. The van der Waals surface area contributed by atoms with E-state index in [9.17, 15) is 29.4 Å². The largest absolute Gasteiger partial charge is 0.465 e. The van der Waals surface area contributed by atoms with Gasteiger partial charge in [0.2, 0.25) is 11.8 Å². The molecule has 0 aliphatic rings. The minimum absolute atomic E-state index is 0.00955. The Hall–Kier alpha value is -2.36. The molecule has 4 N–H and O–H groups in total. The third-order valence-corrected chi connectivity index (χ3v) is 16.8. The fraction of sp³-hybridized carbons (Fsp3) is 0.943. The third-order valence-electron chi connectivity index (χ3n) is 16.8. The van der Waals surface area contributed by atoms with Crippen molar-refractivity contribution in [1.82, 2.24) is 30.2 Å². The highest BCUT2D eigenvalue weighted by Gasteiger charge is 2.19. The molecule has 0 saturated heterocycles. The second-order valence-electron chi connectivity index (χ2n) is 25.3. The maximum Gasteiger partial charge on any atom is 0.320 e. The molecule has 14 heteroatoms. The first-order valence-electron chi connectivity index (χ1n) is 36.0. The lowest BCUT2D eigenvalue weighted by Crippen LogP contribution is -2.43. The van der Waals surface area contributed by atoms with Crippen LogP contribution in [0, 0.1) is 0 Å². The Labute approximate surface area is 519 Å². The van der Waals surface area contributed by atoms with Crippen LogP contribution < -0.4 is 10.6 Å². The maximum atomic E-state index is 13.0. The number of carbonyl (C=O) groups is 4. The summed E-state index contributed by atoms with van der Waals surface area (Å²) in [5.74, 6) is -0.830. The summed E-state index contributed by atoms with van der Waals surface area (Å²) in [4.78, 5) is 60.0. The number of likely N-dealkylation sites (N-methyl/N-ethyl adjacent to an activating group) is 2. The molecule has 0 aromatic rings. The summed E-state index contributed by atoms with van der Waals surface area (Å²) in [6.07, 6.45) is 50.7. The number of carbonyl (C=O) groups excluding carboxylic acids is 4. The minimum atomic E-state index is -0.448. The van der Waals surface area contributed by atoms with Crippen LogP contribution in [0.2, 0.25) is 0 Å². The summed E-state index contributed by atoms with van der Waals surface area (Å²) in [6.45, 7) is 15.0. The van der Waals surface area contributed by atoms with E-state index in [1.807, 2.05) is 14.1 Å². The van der Waals surface area contributed by atoms with Gasteiger partial charge >= 0.3 is 11.9 Å². The van der Waals surface area contributed by atoms with Crippen LogP contribution in [0.4, 0.5) is 0 Å². The molecule has 0 aromatic heterocycles. The van der Waals surface area contributed by atoms with E-state index >= 15 is 0 Å². The van der Waals surface area contributed by atoms with Gasteiger partial charge in [0.1, 0.15) is 0 Å². The molecule has 0 radical (unpaired) electrons. The van der Waals surface area contributed by atoms with E-state index in [1.165, 1.54) is 193 Å². The quantitative estimate of drug-likeness (QED) is 0.0337. The summed E-state index contributed by atoms with van der Waals surface area (Å²) in [7, 11) is 4.00. The van der Waals surface area contributed by atoms with Gasteiger partial charge in [-0.2, -0.15) is 0 Å². The van der Waals surface area contributed by atoms with Crippen LogP contribution in [0.15, 0.2) is 0 Å². The summed E-state index contributed by atoms with van der Waals surface area (Å²) in [6, 6.07) is 0. The van der Waals surface area contributed by atoms with Crippen LogP contribution in [0.1, 0.15) is 310 Å². The number of amides is 2. The highest BCUT2D eigenvalue weighted by atomic mass is 16.5. The lowest BCUT2D eigenvalue weighted by Gasteiger charge is -2.27. The standard InChI is InChI=1S/C70H140N6O8/c1-7-11-15-19-23-27-31-35-39-43-47-65(77)61-75(62-66(78)48-44-40-36-32-28-24-20-16-12-8-2)55-51-71-67(79)49-53-73(5)57-58-74(6)54-50-68(80)72-52-56-76(63-69(81)83-59-45-41-37-33-29-25-21-17-13-9-3)64-70(82)84-60-46-42-38-34-30-26-22-18-14-10-4/h65-66,77-78H,7-64H2,1-6H3,(H,71,79)(H,72,80). The minimum Gasteiger partial charge on any atom is -0.465 e. The van der Waals surface area contributed by atoms with Gasteiger partial charge in [0.25, 0.3) is 0 Å². The van der Waals surface area contributed by atoms with Crippen molar-refractivity contribution < 1.29 is 38.9 Å². The number of rotatable bonds is 67. The van der Waals surface area contributed by atoms with Crippen molar-refractivity contribution in [3.63, 3.8) is 0 Å². The van der Waals surface area contributed by atoms with Crippen molar-refractivity contribution in [3.05, 3.63) is 0 Å². The van der Waals surface area contributed by atoms with Gasteiger partial charge in [-0.3, -0.25) is 29.0 Å². The van der Waals surface area contributed by atoms with Crippen molar-refractivity contribution in [2.75, 3.05) is 106 Å². The number of aliphatic hydroxyl groups excluding tert-OH is 2. The summed E-state index contributed by atoms with van der Waals surface area (Å²) < 4.78 is 11.2. The molecule has 0 aromatic carbocycles. The van der Waals surface area contributed by atoms with Crippen molar-refractivity contribution in [3.8, 4) is 0 Å². The highest BCUT2D eigenvalue weighted by molar-refractivity contribution is 5.77. The zero-order chi connectivity index (χ0) is 61.6. The van der Waals surface area contributed by atoms with E-state index in [-0.39, 0.29) is 36.8 Å². The monoisotopic (exact) mass is 1190 g/mol. The van der Waals surface area contributed by atoms with Crippen molar-refractivity contribution >= 4 is 23.8 Å². The van der Waals surface area contributed by atoms with Crippen LogP contribution in [0.25, 0.3) is 0 Å². The van der Waals surface area contributed by atoms with Crippen LogP contribution in [-0.2, 0) is 28.7 Å². The van der Waals surface area contributed by atoms with Gasteiger partial charge in [-0.05, 0) is 39.8 Å². The lowest BCUT2D eigenvalue weighted by molar-refractivity contribution is -0.148. The Balaban J connectivity index is 4.85. The molecule has 0 bridgehead atoms. The van der Waals surface area contributed by atoms with Gasteiger partial charge in [-0.25, -0.2) is 0 Å². The van der Waals surface area contributed by atoms with Crippen LogP contribution in [0.5, 0.6) is 0 Å². The average Bonchev–Trinajstić information content (AvgIpc) is 3.48. The van der Waals surface area contributed by atoms with Crippen LogP contribution in [-0.4, -0.2) is 172 Å². The molecule has 2 unspecified atom stereocenters. The number of esters is 2. The fourth-order valence-electron chi connectivity index (χ4n) is 11.0. The topological polar surface area (TPSA) is 164 Å². The zero-order valence-electron chi connectivity index (χ0n) is 56.3. The second kappa shape index (κ2) is 63.7. The van der Waals surface area contributed by atoms with Crippen LogP contribution in [0.3, 0.4) is 0 Å². The number of nitrogens with one attached hydrogen (secondary N) is 2. The molecule has 2 atom stereocenters. The Morgan fingerprint density at radius 2 is 0.607 bits per heavy atom. The number of unbranched alkanes of at least 4 members (excludes halogenated alkanes) is 36. The molecular weight excluding hydrogens is 1050 g/mol. The lowest BCUT2D eigenvalue weighted by atomic mass is 10.0. The van der Waals surface area contributed by atoms with Gasteiger partial charge in [-0.15, -0.1) is 0 Å². The molecule has 498 valence electrons. The van der Waals surface area contributed by atoms with Gasteiger partial charge in [0.15, 0.2) is 0 Å². The molecule has 0 spiro atoms. The van der Waals surface area contributed by atoms with E-state index < -0.39 is 12.2 Å². The SMILES string of the molecule is CCCCCCCCCCCCOC(=O)CN(CCNC(=O)CCN(C)CCN(C)CCC(=O)NCCN(CC(O)CCCCCCCCCCCC)CC(O)CCCCCCCCCCCC)CC(=O)OCCCCCCCCCCCC. The number of hydrogen-bond acceptors (Lipinski definition) is 12. The number of ether oxygens (including phenoxy) is 2. The summed E-state index contributed by atoms with van der Waals surface area (Å²) in [5.41, 5.74) is 0. The molecule has 0 heterocycles. The molecule has 14 nitrogen and oxygen atoms in total. The predicted octanol–water partition coefficient (Wildman–Crippen LogP) is 14.7. The fourth-order valence-corrected chi connectivity index (χ4v) is 11.0. The van der Waals surface area contributed by atoms with E-state index in [4.69, 9.17) is 9.47 Å². The van der Waals surface area contributed by atoms with Gasteiger partial charge in [-0.1, -0.05) is 272 Å². The Kier molecular flexibility index (Phi) is 61.9. The number of hydrogen-bond donors (Lipinski definition) is 4. The highest BCUT2D eigenvalue weighted by Crippen LogP contribution is 2.16. The van der Waals surface area contributed by atoms with Crippen molar-refractivity contribution in [1.29, 1.82) is 0 Å². The van der Waals surface area contributed by atoms with E-state index in [2.05, 4.69) is 53.0 Å². The predicted molar refractivity (Wildman–Crippen MR) is 354 cm³/mol. The van der Waals surface area contributed by atoms with E-state index in [0.29, 0.717) is 78.4 Å². The maximum absolute atomic E-state index is 13.0. The van der Waals surface area contributed by atoms with E-state index in [1.54, 1.807) is 4.90 Å². The summed E-state index contributed by atoms with van der Waals surface area (Å²) in [5, 5.41) is 28.2. The Bertz CT molecular complexity index is 1370. The van der Waals surface area contributed by atoms with Gasteiger partial charge < -0.3 is 40.1 Å². The number of nitrogens with zero attached hydrogens (tertiary/aromatic N) is 4. The average molecular weight is 1190 g/mol.